The summed E-state index contributed by atoms with van der Waals surface area (Å²) >= 11 is -2.11. The highest BCUT2D eigenvalue weighted by Gasteiger charge is 2.08. The van der Waals surface area contributed by atoms with Crippen molar-refractivity contribution in [1.82, 2.24) is 0 Å². The van der Waals surface area contributed by atoms with Gasteiger partial charge in [-0.15, -0.1) is 0 Å². The van der Waals surface area contributed by atoms with Crippen molar-refractivity contribution in [2.45, 2.75) is 117 Å². The topological polar surface area (TPSA) is 46.5 Å². The van der Waals surface area contributed by atoms with Crippen molar-refractivity contribution in [2.75, 3.05) is 6.61 Å². The fourth-order valence-corrected chi connectivity index (χ4v) is 3.50. The van der Waals surface area contributed by atoms with Crippen molar-refractivity contribution in [3.63, 3.8) is 0 Å². The van der Waals surface area contributed by atoms with Crippen molar-refractivity contribution in [2.24, 2.45) is 5.92 Å². The Balaban J connectivity index is 3.20. The predicted octanol–water partition coefficient (Wildman–Crippen LogP) is 7.04. The number of hydrogen-bond donors (Lipinski definition) is 1. The lowest BCUT2D eigenvalue weighted by Crippen LogP contribution is -2.10. The second-order valence-corrected chi connectivity index (χ2v) is 7.83. The molecule has 24 heavy (non-hydrogen) atoms. The predicted molar refractivity (Wildman–Crippen MR) is 105 cm³/mol. The third kappa shape index (κ3) is 18.4. The van der Waals surface area contributed by atoms with Gasteiger partial charge in [-0.05, 0) is 12.3 Å². The lowest BCUT2D eigenvalue weighted by Gasteiger charge is -2.12. The molecule has 0 aliphatic rings. The lowest BCUT2D eigenvalue weighted by molar-refractivity contribution is 0.232. The van der Waals surface area contributed by atoms with Crippen LogP contribution in [-0.2, 0) is 15.5 Å². The van der Waals surface area contributed by atoms with Crippen molar-refractivity contribution >= 4 is 11.4 Å². The Morgan fingerprint density at radius 2 is 1.17 bits per heavy atom. The van der Waals surface area contributed by atoms with E-state index in [1.807, 2.05) is 0 Å². The number of hydrogen-bond acceptors (Lipinski definition) is 2. The van der Waals surface area contributed by atoms with E-state index in [0.29, 0.717) is 12.5 Å². The van der Waals surface area contributed by atoms with Gasteiger partial charge < -0.3 is 0 Å². The molecule has 0 radical (unpaired) electrons. The molecule has 0 saturated heterocycles. The first kappa shape index (κ1) is 24.1. The fraction of sp³-hybridized carbons (Fsp3) is 1.00. The van der Waals surface area contributed by atoms with E-state index >= 15 is 0 Å². The first-order chi connectivity index (χ1) is 11.7. The van der Waals surface area contributed by atoms with Crippen LogP contribution in [0.15, 0.2) is 0 Å². The van der Waals surface area contributed by atoms with Gasteiger partial charge >= 0.3 is 11.4 Å². The third-order valence-electron chi connectivity index (χ3n) is 4.95. The maximum atomic E-state index is 10.5. The smallest absolute Gasteiger partial charge is 0.284 e. The molecular weight excluding hydrogens is 320 g/mol. The molecule has 3 nitrogen and oxygen atoms in total. The minimum absolute atomic E-state index is 0.415. The second kappa shape index (κ2) is 19.4. The number of unbranched alkanes of at least 4 members (excludes halogenated alkanes) is 13. The number of rotatable bonds is 19. The molecule has 0 bridgehead atoms. The van der Waals surface area contributed by atoms with Crippen LogP contribution in [0.4, 0.5) is 0 Å². The Morgan fingerprint density at radius 3 is 1.54 bits per heavy atom. The molecule has 2 atom stereocenters. The van der Waals surface area contributed by atoms with E-state index in [-0.39, 0.29) is 0 Å². The second-order valence-electron chi connectivity index (χ2n) is 7.16. The standard InChI is InChI=1S/C20H42O3S/c1-3-5-6-7-8-9-10-11-12-13-14-15-16-17-18-20(4-2)19-23-24(21)22/h20H,3-19H2,1-2H3,(H,21,22). The molecule has 0 fully saturated rings. The van der Waals surface area contributed by atoms with Crippen molar-refractivity contribution in [3.8, 4) is 0 Å². The molecule has 0 heterocycles. The summed E-state index contributed by atoms with van der Waals surface area (Å²) in [6, 6.07) is 0. The fourth-order valence-electron chi connectivity index (χ4n) is 3.19. The molecule has 0 aliphatic carbocycles. The van der Waals surface area contributed by atoms with Gasteiger partial charge in [0.15, 0.2) is 0 Å². The van der Waals surface area contributed by atoms with Gasteiger partial charge in [0.25, 0.3) is 0 Å². The van der Waals surface area contributed by atoms with E-state index in [2.05, 4.69) is 13.8 Å². The average Bonchev–Trinajstić information content (AvgIpc) is 2.57. The highest BCUT2D eigenvalue weighted by atomic mass is 32.2. The third-order valence-corrected chi connectivity index (χ3v) is 5.29. The summed E-state index contributed by atoms with van der Waals surface area (Å²) in [6.07, 6.45) is 21.5. The highest BCUT2D eigenvalue weighted by Crippen LogP contribution is 2.17. The molecule has 0 aromatic carbocycles. The Morgan fingerprint density at radius 1 is 0.750 bits per heavy atom. The highest BCUT2D eigenvalue weighted by molar-refractivity contribution is 7.74. The van der Waals surface area contributed by atoms with Crippen LogP contribution in [0.25, 0.3) is 0 Å². The zero-order valence-corrected chi connectivity index (χ0v) is 17.1. The molecule has 0 rings (SSSR count). The molecule has 4 heteroatoms. The van der Waals surface area contributed by atoms with Gasteiger partial charge in [-0.25, -0.2) is 0 Å². The summed E-state index contributed by atoms with van der Waals surface area (Å²) in [5.41, 5.74) is 0. The summed E-state index contributed by atoms with van der Waals surface area (Å²) in [7, 11) is 0. The van der Waals surface area contributed by atoms with E-state index in [9.17, 15) is 4.21 Å². The zero-order chi connectivity index (χ0) is 17.9. The maximum absolute atomic E-state index is 10.5. The van der Waals surface area contributed by atoms with Gasteiger partial charge in [-0.2, -0.15) is 4.21 Å². The Hall–Kier alpha value is 0.0700. The van der Waals surface area contributed by atoms with Crippen molar-refractivity contribution < 1.29 is 12.9 Å². The molecular formula is C20H42O3S. The summed E-state index contributed by atoms with van der Waals surface area (Å²) in [5, 5.41) is 0. The molecule has 0 aromatic rings. The summed E-state index contributed by atoms with van der Waals surface area (Å²) in [4.78, 5) is 0. The van der Waals surface area contributed by atoms with Crippen molar-refractivity contribution in [3.05, 3.63) is 0 Å². The molecule has 2 unspecified atom stereocenters. The largest absolute Gasteiger partial charge is 0.301 e. The van der Waals surface area contributed by atoms with Crippen LogP contribution in [0, 0.1) is 5.92 Å². The molecule has 146 valence electrons. The SMILES string of the molecule is CCCCCCCCCCCCCCCCC(CC)COS(=O)O. The van der Waals surface area contributed by atoms with Crippen LogP contribution in [0.1, 0.15) is 117 Å². The molecule has 1 N–H and O–H groups in total. The van der Waals surface area contributed by atoms with E-state index in [1.54, 1.807) is 0 Å². The van der Waals surface area contributed by atoms with Crippen LogP contribution in [-0.4, -0.2) is 15.4 Å². The van der Waals surface area contributed by atoms with Crippen LogP contribution < -0.4 is 0 Å². The Labute approximate surface area is 153 Å². The van der Waals surface area contributed by atoms with Crippen LogP contribution in [0.5, 0.6) is 0 Å². The molecule has 0 spiro atoms. The lowest BCUT2D eigenvalue weighted by atomic mass is 9.98. The minimum Gasteiger partial charge on any atom is -0.284 e. The van der Waals surface area contributed by atoms with Crippen LogP contribution in [0.2, 0.25) is 0 Å². The van der Waals surface area contributed by atoms with Gasteiger partial charge in [0, 0.05) is 0 Å². The van der Waals surface area contributed by atoms with Gasteiger partial charge in [0.1, 0.15) is 0 Å². The summed E-state index contributed by atoms with van der Waals surface area (Å²) in [5.74, 6) is 0.429. The first-order valence-corrected chi connectivity index (χ1v) is 11.5. The molecule has 0 amide bonds. The minimum atomic E-state index is -2.11. The quantitative estimate of drug-likeness (QED) is 0.198. The monoisotopic (exact) mass is 362 g/mol. The Bertz CT molecular complexity index is 272. The maximum Gasteiger partial charge on any atom is 0.301 e. The molecule has 0 saturated carbocycles. The summed E-state index contributed by atoms with van der Waals surface area (Å²) < 4.78 is 23.9. The first-order valence-electron chi connectivity index (χ1n) is 10.4. The zero-order valence-electron chi connectivity index (χ0n) is 16.3. The van der Waals surface area contributed by atoms with Gasteiger partial charge in [0.05, 0.1) is 6.61 Å². The molecule has 0 aromatic heterocycles. The van der Waals surface area contributed by atoms with E-state index in [1.165, 1.54) is 89.9 Å². The van der Waals surface area contributed by atoms with E-state index in [0.717, 1.165) is 12.8 Å². The van der Waals surface area contributed by atoms with E-state index < -0.39 is 11.4 Å². The van der Waals surface area contributed by atoms with Gasteiger partial charge in [-0.1, -0.05) is 110 Å². The van der Waals surface area contributed by atoms with Crippen LogP contribution >= 0.6 is 0 Å². The van der Waals surface area contributed by atoms with Gasteiger partial charge in [-0.3, -0.25) is 8.74 Å². The van der Waals surface area contributed by atoms with Gasteiger partial charge in [0.2, 0.25) is 0 Å². The normalized spacial score (nSPS) is 14.0. The van der Waals surface area contributed by atoms with E-state index in [4.69, 9.17) is 8.74 Å². The average molecular weight is 363 g/mol. The summed E-state index contributed by atoms with van der Waals surface area (Å²) in [6.45, 7) is 4.81. The molecule has 0 aliphatic heterocycles. The Kier molecular flexibility index (Phi) is 19.5. The van der Waals surface area contributed by atoms with Crippen molar-refractivity contribution in [1.29, 1.82) is 0 Å². The van der Waals surface area contributed by atoms with Crippen LogP contribution in [0.3, 0.4) is 0 Å².